The SMILES string of the molecule is CC.CCc1cccc(CCCc2ccccc2C(C)(C)O)c1. The quantitative estimate of drug-likeness (QED) is 0.727. The number of aryl methyl sites for hydroxylation is 3. The van der Waals surface area contributed by atoms with Crippen molar-refractivity contribution in [3.63, 3.8) is 0 Å². The zero-order valence-electron chi connectivity index (χ0n) is 15.4. The van der Waals surface area contributed by atoms with Crippen LogP contribution in [0.2, 0.25) is 0 Å². The first kappa shape index (κ1) is 19.4. The summed E-state index contributed by atoms with van der Waals surface area (Å²) in [7, 11) is 0. The van der Waals surface area contributed by atoms with Crippen molar-refractivity contribution >= 4 is 0 Å². The second-order valence-electron chi connectivity index (χ2n) is 6.24. The van der Waals surface area contributed by atoms with Gasteiger partial charge in [-0.25, -0.2) is 0 Å². The van der Waals surface area contributed by atoms with Crippen molar-refractivity contribution in [2.24, 2.45) is 0 Å². The smallest absolute Gasteiger partial charge is 0.0843 e. The van der Waals surface area contributed by atoms with Gasteiger partial charge in [0.1, 0.15) is 0 Å². The Kier molecular flexibility index (Phi) is 8.05. The lowest BCUT2D eigenvalue weighted by Gasteiger charge is -2.21. The predicted molar refractivity (Wildman–Crippen MR) is 101 cm³/mol. The van der Waals surface area contributed by atoms with Crippen LogP contribution in [0.15, 0.2) is 48.5 Å². The molecule has 0 spiro atoms. The molecule has 23 heavy (non-hydrogen) atoms. The molecule has 2 aromatic carbocycles. The van der Waals surface area contributed by atoms with E-state index in [0.717, 1.165) is 31.2 Å². The van der Waals surface area contributed by atoms with E-state index in [1.165, 1.54) is 16.7 Å². The topological polar surface area (TPSA) is 20.2 Å². The van der Waals surface area contributed by atoms with Crippen LogP contribution in [0.1, 0.15) is 63.3 Å². The highest BCUT2D eigenvalue weighted by Gasteiger charge is 2.18. The van der Waals surface area contributed by atoms with Gasteiger partial charge in [-0.1, -0.05) is 69.3 Å². The molecular weight excluding hydrogens is 280 g/mol. The van der Waals surface area contributed by atoms with Crippen LogP contribution in [0.5, 0.6) is 0 Å². The molecular formula is C22H32O. The number of rotatable bonds is 6. The van der Waals surface area contributed by atoms with E-state index in [1.54, 1.807) is 0 Å². The molecule has 0 amide bonds. The molecule has 0 aliphatic carbocycles. The molecule has 0 heterocycles. The highest BCUT2D eigenvalue weighted by atomic mass is 16.3. The molecule has 0 saturated heterocycles. The largest absolute Gasteiger partial charge is 0.386 e. The van der Waals surface area contributed by atoms with Crippen LogP contribution in [-0.4, -0.2) is 5.11 Å². The Labute approximate surface area is 142 Å². The molecule has 2 rings (SSSR count). The van der Waals surface area contributed by atoms with E-state index >= 15 is 0 Å². The molecule has 1 N–H and O–H groups in total. The van der Waals surface area contributed by atoms with Gasteiger partial charge in [0.05, 0.1) is 5.60 Å². The van der Waals surface area contributed by atoms with Gasteiger partial charge in [0.15, 0.2) is 0 Å². The first-order chi connectivity index (χ1) is 11.0. The van der Waals surface area contributed by atoms with Crippen molar-refractivity contribution in [3.8, 4) is 0 Å². The third-order valence-electron chi connectivity index (χ3n) is 3.99. The second-order valence-corrected chi connectivity index (χ2v) is 6.24. The lowest BCUT2D eigenvalue weighted by molar-refractivity contribution is 0.0776. The Morgan fingerprint density at radius 3 is 2.17 bits per heavy atom. The number of hydrogen-bond acceptors (Lipinski definition) is 1. The molecule has 0 fully saturated rings. The monoisotopic (exact) mass is 312 g/mol. The molecule has 0 aliphatic heterocycles. The van der Waals surface area contributed by atoms with E-state index in [9.17, 15) is 5.11 Å². The highest BCUT2D eigenvalue weighted by Crippen LogP contribution is 2.24. The molecule has 1 heteroatoms. The van der Waals surface area contributed by atoms with Gasteiger partial charge in [-0.05, 0) is 61.8 Å². The molecule has 2 aromatic rings. The lowest BCUT2D eigenvalue weighted by Crippen LogP contribution is -2.18. The van der Waals surface area contributed by atoms with Crippen LogP contribution in [0.4, 0.5) is 0 Å². The van der Waals surface area contributed by atoms with E-state index in [2.05, 4.69) is 43.3 Å². The third kappa shape index (κ3) is 6.19. The molecule has 126 valence electrons. The summed E-state index contributed by atoms with van der Waals surface area (Å²) in [6.07, 6.45) is 4.31. The molecule has 1 nitrogen and oxygen atoms in total. The van der Waals surface area contributed by atoms with Gasteiger partial charge in [-0.3, -0.25) is 0 Å². The van der Waals surface area contributed by atoms with Gasteiger partial charge in [-0.2, -0.15) is 0 Å². The summed E-state index contributed by atoms with van der Waals surface area (Å²) < 4.78 is 0. The van der Waals surface area contributed by atoms with Gasteiger partial charge in [-0.15, -0.1) is 0 Å². The fourth-order valence-corrected chi connectivity index (χ4v) is 2.82. The lowest BCUT2D eigenvalue weighted by atomic mass is 9.90. The minimum Gasteiger partial charge on any atom is -0.386 e. The molecule has 0 saturated carbocycles. The van der Waals surface area contributed by atoms with Crippen LogP contribution in [0.25, 0.3) is 0 Å². The van der Waals surface area contributed by atoms with Gasteiger partial charge in [0, 0.05) is 0 Å². The van der Waals surface area contributed by atoms with Crippen molar-refractivity contribution in [1.29, 1.82) is 0 Å². The van der Waals surface area contributed by atoms with E-state index in [-0.39, 0.29) is 0 Å². The van der Waals surface area contributed by atoms with Gasteiger partial charge >= 0.3 is 0 Å². The van der Waals surface area contributed by atoms with Gasteiger partial charge < -0.3 is 5.11 Å². The fraction of sp³-hybridized carbons (Fsp3) is 0.455. The fourth-order valence-electron chi connectivity index (χ4n) is 2.82. The maximum atomic E-state index is 10.3. The Morgan fingerprint density at radius 1 is 0.870 bits per heavy atom. The average molecular weight is 312 g/mol. The minimum atomic E-state index is -0.765. The normalized spacial score (nSPS) is 10.9. The van der Waals surface area contributed by atoms with Crippen molar-refractivity contribution in [2.45, 2.75) is 65.9 Å². The van der Waals surface area contributed by atoms with Crippen molar-refractivity contribution in [2.75, 3.05) is 0 Å². The van der Waals surface area contributed by atoms with Crippen LogP contribution in [0.3, 0.4) is 0 Å². The predicted octanol–water partition coefficient (Wildman–Crippen LogP) is 5.68. The molecule has 0 atom stereocenters. The van der Waals surface area contributed by atoms with E-state index in [4.69, 9.17) is 0 Å². The summed E-state index contributed by atoms with van der Waals surface area (Å²) in [5.74, 6) is 0. The summed E-state index contributed by atoms with van der Waals surface area (Å²) in [5.41, 5.74) is 4.36. The Balaban J connectivity index is 0.00000127. The summed E-state index contributed by atoms with van der Waals surface area (Å²) >= 11 is 0. The van der Waals surface area contributed by atoms with E-state index in [0.29, 0.717) is 0 Å². The molecule has 0 unspecified atom stereocenters. The van der Waals surface area contributed by atoms with Crippen molar-refractivity contribution < 1.29 is 5.11 Å². The Morgan fingerprint density at radius 2 is 1.52 bits per heavy atom. The first-order valence-electron chi connectivity index (χ1n) is 8.89. The van der Waals surface area contributed by atoms with E-state index < -0.39 is 5.60 Å². The maximum absolute atomic E-state index is 10.3. The number of benzene rings is 2. The standard InChI is InChI=1S/C20H26O.C2H6/c1-4-16-9-7-10-17(15-16)11-8-13-18-12-5-6-14-19(18)20(2,3)21;1-2/h5-7,9-10,12,14-15,21H,4,8,11,13H2,1-3H3;1-2H3. The van der Waals surface area contributed by atoms with Crippen LogP contribution in [-0.2, 0) is 24.9 Å². The highest BCUT2D eigenvalue weighted by molar-refractivity contribution is 5.32. The summed E-state index contributed by atoms with van der Waals surface area (Å²) in [5, 5.41) is 10.3. The van der Waals surface area contributed by atoms with Crippen molar-refractivity contribution in [3.05, 3.63) is 70.8 Å². The van der Waals surface area contributed by atoms with E-state index in [1.807, 2.05) is 39.8 Å². The summed E-state index contributed by atoms with van der Waals surface area (Å²) in [6, 6.07) is 17.1. The van der Waals surface area contributed by atoms with Crippen LogP contribution in [0, 0.1) is 0 Å². The Bertz CT molecular complexity index is 579. The molecule has 0 radical (unpaired) electrons. The van der Waals surface area contributed by atoms with Crippen LogP contribution >= 0.6 is 0 Å². The first-order valence-corrected chi connectivity index (χ1v) is 8.89. The number of hydrogen-bond donors (Lipinski definition) is 1. The zero-order chi connectivity index (χ0) is 17.3. The molecule has 0 aromatic heterocycles. The average Bonchev–Trinajstić information content (AvgIpc) is 2.56. The second kappa shape index (κ2) is 9.52. The third-order valence-corrected chi connectivity index (χ3v) is 3.99. The number of aliphatic hydroxyl groups is 1. The molecule has 0 bridgehead atoms. The van der Waals surface area contributed by atoms with Gasteiger partial charge in [0.2, 0.25) is 0 Å². The summed E-state index contributed by atoms with van der Waals surface area (Å²) in [4.78, 5) is 0. The minimum absolute atomic E-state index is 0.765. The van der Waals surface area contributed by atoms with Crippen molar-refractivity contribution in [1.82, 2.24) is 0 Å². The summed E-state index contributed by atoms with van der Waals surface area (Å²) in [6.45, 7) is 9.91. The molecule has 0 aliphatic rings. The van der Waals surface area contributed by atoms with Gasteiger partial charge in [0.25, 0.3) is 0 Å². The zero-order valence-corrected chi connectivity index (χ0v) is 15.4. The Hall–Kier alpha value is -1.60. The van der Waals surface area contributed by atoms with Crippen LogP contribution < -0.4 is 0 Å². The maximum Gasteiger partial charge on any atom is 0.0843 e.